The van der Waals surface area contributed by atoms with Gasteiger partial charge in [0.05, 0.1) is 18.2 Å². The standard InChI is InChI=1S/C21H23N3O3/c1-4-27-18-10-8-16(9-11-18)20(25)24-19(14(2)3)21(26)23-17-7-5-6-15(12-17)13-22/h5-12,14,19H,4H2,1-3H3,(H,23,26)(H,24,25). The number of benzene rings is 2. The summed E-state index contributed by atoms with van der Waals surface area (Å²) in [4.78, 5) is 25.1. The van der Waals surface area contributed by atoms with Crippen LogP contribution >= 0.6 is 0 Å². The molecule has 27 heavy (non-hydrogen) atoms. The fraction of sp³-hybridized carbons (Fsp3) is 0.286. The molecule has 2 amide bonds. The molecule has 6 nitrogen and oxygen atoms in total. The van der Waals surface area contributed by atoms with Crippen LogP contribution in [-0.4, -0.2) is 24.5 Å². The third-order valence-corrected chi connectivity index (χ3v) is 3.92. The first kappa shape index (κ1) is 20.0. The molecule has 0 bridgehead atoms. The normalized spacial score (nSPS) is 11.4. The van der Waals surface area contributed by atoms with Gasteiger partial charge in [0.2, 0.25) is 5.91 Å². The van der Waals surface area contributed by atoms with E-state index in [0.717, 1.165) is 0 Å². The molecule has 0 aliphatic rings. The molecule has 2 aromatic carbocycles. The Kier molecular flexibility index (Phi) is 6.95. The van der Waals surface area contributed by atoms with Crippen molar-refractivity contribution in [3.8, 4) is 11.8 Å². The van der Waals surface area contributed by atoms with Gasteiger partial charge in [-0.25, -0.2) is 0 Å². The summed E-state index contributed by atoms with van der Waals surface area (Å²) >= 11 is 0. The maximum atomic E-state index is 12.6. The molecule has 140 valence electrons. The van der Waals surface area contributed by atoms with E-state index in [1.54, 1.807) is 48.5 Å². The van der Waals surface area contributed by atoms with Crippen LogP contribution in [0, 0.1) is 17.2 Å². The van der Waals surface area contributed by atoms with Crippen LogP contribution in [0.15, 0.2) is 48.5 Å². The van der Waals surface area contributed by atoms with E-state index in [0.29, 0.717) is 29.2 Å². The Morgan fingerprint density at radius 1 is 1.15 bits per heavy atom. The lowest BCUT2D eigenvalue weighted by Crippen LogP contribution is -2.47. The van der Waals surface area contributed by atoms with E-state index >= 15 is 0 Å². The summed E-state index contributed by atoms with van der Waals surface area (Å²) in [6.07, 6.45) is 0. The summed E-state index contributed by atoms with van der Waals surface area (Å²) in [5.41, 5.74) is 1.41. The van der Waals surface area contributed by atoms with Gasteiger partial charge in [-0.15, -0.1) is 0 Å². The van der Waals surface area contributed by atoms with Crippen molar-refractivity contribution in [3.05, 3.63) is 59.7 Å². The van der Waals surface area contributed by atoms with Crippen LogP contribution in [0.1, 0.15) is 36.7 Å². The number of hydrogen-bond acceptors (Lipinski definition) is 4. The molecular formula is C21H23N3O3. The predicted octanol–water partition coefficient (Wildman–Crippen LogP) is 3.35. The van der Waals surface area contributed by atoms with Gasteiger partial charge in [0.1, 0.15) is 11.8 Å². The van der Waals surface area contributed by atoms with Gasteiger partial charge >= 0.3 is 0 Å². The van der Waals surface area contributed by atoms with Crippen molar-refractivity contribution in [2.24, 2.45) is 5.92 Å². The molecule has 1 atom stereocenters. The molecule has 2 N–H and O–H groups in total. The minimum absolute atomic E-state index is 0.115. The zero-order valence-corrected chi connectivity index (χ0v) is 15.7. The lowest BCUT2D eigenvalue weighted by Gasteiger charge is -2.22. The average molecular weight is 365 g/mol. The number of anilines is 1. The molecule has 0 aromatic heterocycles. The second-order valence-corrected chi connectivity index (χ2v) is 6.33. The molecule has 0 heterocycles. The Morgan fingerprint density at radius 2 is 1.85 bits per heavy atom. The minimum Gasteiger partial charge on any atom is -0.494 e. The number of ether oxygens (including phenoxy) is 1. The van der Waals surface area contributed by atoms with E-state index in [1.807, 2.05) is 26.8 Å². The Bertz CT molecular complexity index is 838. The first-order valence-corrected chi connectivity index (χ1v) is 8.79. The van der Waals surface area contributed by atoms with E-state index in [2.05, 4.69) is 10.6 Å². The van der Waals surface area contributed by atoms with Gasteiger partial charge in [-0.1, -0.05) is 19.9 Å². The maximum absolute atomic E-state index is 12.6. The number of hydrogen-bond donors (Lipinski definition) is 2. The molecule has 0 spiro atoms. The maximum Gasteiger partial charge on any atom is 0.251 e. The van der Waals surface area contributed by atoms with Crippen LogP contribution in [0.5, 0.6) is 5.75 Å². The van der Waals surface area contributed by atoms with Gasteiger partial charge < -0.3 is 15.4 Å². The van der Waals surface area contributed by atoms with Crippen molar-refractivity contribution >= 4 is 17.5 Å². The Morgan fingerprint density at radius 3 is 2.44 bits per heavy atom. The highest BCUT2D eigenvalue weighted by Crippen LogP contribution is 2.14. The molecule has 0 saturated carbocycles. The highest BCUT2D eigenvalue weighted by Gasteiger charge is 2.25. The zero-order chi connectivity index (χ0) is 19.8. The van der Waals surface area contributed by atoms with Crippen LogP contribution < -0.4 is 15.4 Å². The molecular weight excluding hydrogens is 342 g/mol. The van der Waals surface area contributed by atoms with E-state index in [1.165, 1.54) is 0 Å². The number of nitriles is 1. The topological polar surface area (TPSA) is 91.2 Å². The molecule has 0 radical (unpaired) electrons. The van der Waals surface area contributed by atoms with E-state index in [-0.39, 0.29) is 17.7 Å². The van der Waals surface area contributed by atoms with E-state index in [9.17, 15) is 9.59 Å². The van der Waals surface area contributed by atoms with Crippen molar-refractivity contribution in [2.45, 2.75) is 26.8 Å². The highest BCUT2D eigenvalue weighted by molar-refractivity contribution is 6.01. The monoisotopic (exact) mass is 365 g/mol. The van der Waals surface area contributed by atoms with Crippen molar-refractivity contribution in [2.75, 3.05) is 11.9 Å². The summed E-state index contributed by atoms with van der Waals surface area (Å²) < 4.78 is 5.36. The summed E-state index contributed by atoms with van der Waals surface area (Å²) in [6, 6.07) is 14.7. The number of amides is 2. The second kappa shape index (κ2) is 9.39. The number of rotatable bonds is 7. The van der Waals surface area contributed by atoms with Crippen LogP contribution in [-0.2, 0) is 4.79 Å². The van der Waals surface area contributed by atoms with Gasteiger partial charge in [-0.3, -0.25) is 9.59 Å². The largest absolute Gasteiger partial charge is 0.494 e. The SMILES string of the molecule is CCOc1ccc(C(=O)NC(C(=O)Nc2cccc(C#N)c2)C(C)C)cc1. The van der Waals surface area contributed by atoms with Crippen LogP contribution in [0.25, 0.3) is 0 Å². The molecule has 0 saturated heterocycles. The highest BCUT2D eigenvalue weighted by atomic mass is 16.5. The number of carbonyl (C=O) groups excluding carboxylic acids is 2. The van der Waals surface area contributed by atoms with Crippen LogP contribution in [0.2, 0.25) is 0 Å². The second-order valence-electron chi connectivity index (χ2n) is 6.33. The number of carbonyl (C=O) groups is 2. The summed E-state index contributed by atoms with van der Waals surface area (Å²) in [7, 11) is 0. The predicted molar refractivity (Wildman–Crippen MR) is 103 cm³/mol. The van der Waals surface area contributed by atoms with Crippen molar-refractivity contribution in [3.63, 3.8) is 0 Å². The third-order valence-electron chi connectivity index (χ3n) is 3.92. The Balaban J connectivity index is 2.08. The van der Waals surface area contributed by atoms with Crippen LogP contribution in [0.4, 0.5) is 5.69 Å². The molecule has 1 unspecified atom stereocenters. The smallest absolute Gasteiger partial charge is 0.251 e. The van der Waals surface area contributed by atoms with Crippen molar-refractivity contribution in [1.82, 2.24) is 5.32 Å². The van der Waals surface area contributed by atoms with Gasteiger partial charge in [-0.2, -0.15) is 5.26 Å². The molecule has 0 aliphatic carbocycles. The minimum atomic E-state index is -0.713. The fourth-order valence-corrected chi connectivity index (χ4v) is 2.52. The summed E-state index contributed by atoms with van der Waals surface area (Å²) in [5.74, 6) is -0.0996. The van der Waals surface area contributed by atoms with Gasteiger partial charge in [-0.05, 0) is 55.3 Å². The third kappa shape index (κ3) is 5.58. The van der Waals surface area contributed by atoms with Gasteiger partial charge in [0.15, 0.2) is 0 Å². The summed E-state index contributed by atoms with van der Waals surface area (Å²) in [5, 5.41) is 14.5. The van der Waals surface area contributed by atoms with E-state index < -0.39 is 6.04 Å². The van der Waals surface area contributed by atoms with Gasteiger partial charge in [0.25, 0.3) is 5.91 Å². The Hall–Kier alpha value is -3.33. The average Bonchev–Trinajstić information content (AvgIpc) is 2.66. The number of nitrogens with one attached hydrogen (secondary N) is 2. The fourth-order valence-electron chi connectivity index (χ4n) is 2.52. The molecule has 6 heteroatoms. The van der Waals surface area contributed by atoms with Crippen molar-refractivity contribution < 1.29 is 14.3 Å². The quantitative estimate of drug-likeness (QED) is 0.787. The van der Waals surface area contributed by atoms with Gasteiger partial charge in [0, 0.05) is 11.3 Å². The first-order chi connectivity index (χ1) is 12.9. The molecule has 0 aliphatic heterocycles. The molecule has 0 fully saturated rings. The molecule has 2 aromatic rings. The zero-order valence-electron chi connectivity index (χ0n) is 15.7. The van der Waals surface area contributed by atoms with E-state index in [4.69, 9.17) is 10.00 Å². The summed E-state index contributed by atoms with van der Waals surface area (Å²) in [6.45, 7) is 6.15. The Labute approximate surface area is 159 Å². The first-order valence-electron chi connectivity index (χ1n) is 8.79. The van der Waals surface area contributed by atoms with Crippen molar-refractivity contribution in [1.29, 1.82) is 5.26 Å². The molecule has 2 rings (SSSR count). The van der Waals surface area contributed by atoms with Crippen LogP contribution in [0.3, 0.4) is 0 Å². The number of nitrogens with zero attached hydrogens (tertiary/aromatic N) is 1. The lowest BCUT2D eigenvalue weighted by atomic mass is 10.0. The lowest BCUT2D eigenvalue weighted by molar-refractivity contribution is -0.118.